The maximum absolute atomic E-state index is 11.2. The minimum Gasteiger partial charge on any atom is -0.448 e. The highest BCUT2D eigenvalue weighted by atomic mass is 35.5. The van der Waals surface area contributed by atoms with Gasteiger partial charge in [0.05, 0.1) is 5.75 Å². The van der Waals surface area contributed by atoms with Crippen molar-refractivity contribution in [2.45, 2.75) is 12.8 Å². The van der Waals surface area contributed by atoms with Crippen LogP contribution in [0.2, 0.25) is 0 Å². The van der Waals surface area contributed by atoms with Crippen LogP contribution in [-0.2, 0) is 14.8 Å². The summed E-state index contributed by atoms with van der Waals surface area (Å²) in [4.78, 5) is 10.1. The van der Waals surface area contributed by atoms with Crippen LogP contribution in [0, 0.1) is 0 Å². The first-order valence-corrected chi connectivity index (χ1v) is 6.62. The van der Waals surface area contributed by atoms with E-state index in [9.17, 15) is 13.2 Å². The molecule has 3 N–H and O–H groups in total. The summed E-state index contributed by atoms with van der Waals surface area (Å²) in [5.74, 6) is 0.469. The van der Waals surface area contributed by atoms with E-state index >= 15 is 0 Å². The lowest BCUT2D eigenvalue weighted by atomic mass is 10.4. The van der Waals surface area contributed by atoms with Crippen LogP contribution in [0.4, 0.5) is 4.79 Å². The molecule has 0 bridgehead atoms. The average Bonchev–Trinajstić information content (AvgIpc) is 2.13. The van der Waals surface area contributed by atoms with Gasteiger partial charge in [0.1, 0.15) is 6.61 Å². The number of hydrogen-bond acceptors (Lipinski definition) is 4. The summed E-state index contributed by atoms with van der Waals surface area (Å²) in [5.41, 5.74) is 4.69. The summed E-state index contributed by atoms with van der Waals surface area (Å²) in [5, 5.41) is 0. The zero-order valence-electron chi connectivity index (χ0n) is 8.24. The van der Waals surface area contributed by atoms with Crippen LogP contribution in [0.15, 0.2) is 0 Å². The van der Waals surface area contributed by atoms with Crippen molar-refractivity contribution in [1.29, 1.82) is 0 Å². The second-order valence-corrected chi connectivity index (χ2v) is 5.08. The Hall–Kier alpha value is -0.530. The number of amides is 1. The molecule has 0 aliphatic heterocycles. The van der Waals surface area contributed by atoms with Gasteiger partial charge in [0.15, 0.2) is 0 Å². The molecule has 0 unspecified atom stereocenters. The van der Waals surface area contributed by atoms with Crippen molar-refractivity contribution in [1.82, 2.24) is 4.72 Å². The second-order valence-electron chi connectivity index (χ2n) is 2.78. The van der Waals surface area contributed by atoms with E-state index in [0.717, 1.165) is 0 Å². The van der Waals surface area contributed by atoms with Gasteiger partial charge in [-0.2, -0.15) is 0 Å². The van der Waals surface area contributed by atoms with E-state index in [-0.39, 0.29) is 18.9 Å². The van der Waals surface area contributed by atoms with Crippen LogP contribution >= 0.6 is 11.6 Å². The van der Waals surface area contributed by atoms with E-state index in [4.69, 9.17) is 11.6 Å². The number of primary amides is 1. The van der Waals surface area contributed by atoms with Crippen molar-refractivity contribution in [2.24, 2.45) is 5.73 Å². The number of halogens is 1. The summed E-state index contributed by atoms with van der Waals surface area (Å²) < 4.78 is 29.1. The molecule has 0 heterocycles. The Kier molecular flexibility index (Phi) is 7.45. The lowest BCUT2D eigenvalue weighted by Crippen LogP contribution is -2.31. The molecule has 0 rings (SSSR count). The monoisotopic (exact) mass is 258 g/mol. The lowest BCUT2D eigenvalue weighted by Gasteiger charge is -2.05. The number of unbranched alkanes of at least 4 members (excludes halogenated alkanes) is 1. The van der Waals surface area contributed by atoms with Crippen LogP contribution in [0.25, 0.3) is 0 Å². The molecule has 0 aromatic heterocycles. The molecule has 6 nitrogen and oxygen atoms in total. The normalized spacial score (nSPS) is 11.3. The highest BCUT2D eigenvalue weighted by Crippen LogP contribution is 1.95. The number of rotatable bonds is 8. The second kappa shape index (κ2) is 7.72. The molecule has 0 aliphatic rings. The van der Waals surface area contributed by atoms with Crippen molar-refractivity contribution in [2.75, 3.05) is 24.8 Å². The van der Waals surface area contributed by atoms with E-state index in [1.54, 1.807) is 0 Å². The molecule has 0 fully saturated rings. The largest absolute Gasteiger partial charge is 0.448 e. The van der Waals surface area contributed by atoms with Gasteiger partial charge in [-0.25, -0.2) is 17.9 Å². The predicted octanol–water partition coefficient (Wildman–Crippen LogP) is 0.0201. The summed E-state index contributed by atoms with van der Waals surface area (Å²) in [6.45, 7) is -0.0315. The number of carbonyl (C=O) groups is 1. The van der Waals surface area contributed by atoms with Crippen LogP contribution in [0.5, 0.6) is 0 Å². The maximum Gasteiger partial charge on any atom is 0.404 e. The molecule has 1 amide bonds. The molecule has 0 aliphatic carbocycles. The average molecular weight is 259 g/mol. The number of sulfonamides is 1. The predicted molar refractivity (Wildman–Crippen MR) is 57.3 cm³/mol. The first-order valence-electron chi connectivity index (χ1n) is 4.43. The Bertz CT molecular complexity index is 281. The fourth-order valence-corrected chi connectivity index (χ4v) is 2.12. The van der Waals surface area contributed by atoms with Crippen molar-refractivity contribution in [3.05, 3.63) is 0 Å². The summed E-state index contributed by atoms with van der Waals surface area (Å²) in [7, 11) is -3.29. The number of nitrogens with one attached hydrogen (secondary N) is 1. The van der Waals surface area contributed by atoms with Crippen molar-refractivity contribution < 1.29 is 17.9 Å². The van der Waals surface area contributed by atoms with Crippen LogP contribution in [0.1, 0.15) is 12.8 Å². The van der Waals surface area contributed by atoms with Crippen molar-refractivity contribution in [3.8, 4) is 0 Å². The molecule has 0 saturated carbocycles. The molecule has 0 atom stereocenters. The minimum absolute atomic E-state index is 0.0241. The van der Waals surface area contributed by atoms with Gasteiger partial charge in [-0.3, -0.25) is 0 Å². The van der Waals surface area contributed by atoms with Crippen molar-refractivity contribution >= 4 is 27.7 Å². The Balaban J connectivity index is 3.60. The molecule has 0 aromatic carbocycles. The van der Waals surface area contributed by atoms with Crippen LogP contribution in [0.3, 0.4) is 0 Å². The fraction of sp³-hybridized carbons (Fsp3) is 0.857. The maximum atomic E-state index is 11.2. The third-order valence-electron chi connectivity index (χ3n) is 1.47. The van der Waals surface area contributed by atoms with Gasteiger partial charge in [-0.05, 0) is 12.8 Å². The Morgan fingerprint density at radius 2 is 2.07 bits per heavy atom. The van der Waals surface area contributed by atoms with Gasteiger partial charge in [-0.1, -0.05) is 0 Å². The fourth-order valence-electron chi connectivity index (χ4n) is 0.808. The molecule has 15 heavy (non-hydrogen) atoms. The molecule has 0 saturated heterocycles. The topological polar surface area (TPSA) is 98.5 Å². The van der Waals surface area contributed by atoms with E-state index in [1.165, 1.54) is 0 Å². The molecular formula is C7H15ClN2O4S. The molecule has 90 valence electrons. The highest BCUT2D eigenvalue weighted by molar-refractivity contribution is 7.89. The zero-order chi connectivity index (χ0) is 11.7. The minimum atomic E-state index is -3.29. The molecule has 0 aromatic rings. The Morgan fingerprint density at radius 1 is 1.40 bits per heavy atom. The summed E-state index contributed by atoms with van der Waals surface area (Å²) in [6, 6.07) is 0. The van der Waals surface area contributed by atoms with Crippen LogP contribution < -0.4 is 10.5 Å². The van der Waals surface area contributed by atoms with Gasteiger partial charge < -0.3 is 10.5 Å². The third kappa shape index (κ3) is 9.77. The zero-order valence-corrected chi connectivity index (χ0v) is 9.81. The van der Waals surface area contributed by atoms with Gasteiger partial charge in [0.25, 0.3) is 0 Å². The Morgan fingerprint density at radius 3 is 2.60 bits per heavy atom. The first kappa shape index (κ1) is 14.5. The van der Waals surface area contributed by atoms with Gasteiger partial charge >= 0.3 is 6.09 Å². The highest BCUT2D eigenvalue weighted by Gasteiger charge is 2.08. The Labute approximate surface area is 94.2 Å². The number of ether oxygens (including phenoxy) is 1. The molecule has 0 radical (unpaired) electrons. The van der Waals surface area contributed by atoms with E-state index < -0.39 is 16.1 Å². The number of carbonyl (C=O) groups excluding carboxylic acids is 1. The first-order chi connectivity index (χ1) is 6.98. The van der Waals surface area contributed by atoms with E-state index in [1.807, 2.05) is 0 Å². The van der Waals surface area contributed by atoms with Crippen molar-refractivity contribution in [3.63, 3.8) is 0 Å². The van der Waals surface area contributed by atoms with Crippen LogP contribution in [-0.4, -0.2) is 39.3 Å². The number of hydrogen-bond donors (Lipinski definition) is 2. The summed E-state index contributed by atoms with van der Waals surface area (Å²) >= 11 is 5.41. The van der Waals surface area contributed by atoms with E-state index in [2.05, 4.69) is 15.2 Å². The van der Waals surface area contributed by atoms with E-state index in [0.29, 0.717) is 18.7 Å². The van der Waals surface area contributed by atoms with Gasteiger partial charge in [-0.15, -0.1) is 11.6 Å². The van der Waals surface area contributed by atoms with Gasteiger partial charge in [0, 0.05) is 12.4 Å². The molecule has 8 heteroatoms. The smallest absolute Gasteiger partial charge is 0.404 e. The number of nitrogens with two attached hydrogens (primary N) is 1. The molecule has 0 spiro atoms. The summed E-state index contributed by atoms with van der Waals surface area (Å²) in [6.07, 6.45) is 0.242. The lowest BCUT2D eigenvalue weighted by molar-refractivity contribution is 0.159. The SMILES string of the molecule is NC(=O)OCCNS(=O)(=O)CCCCCl. The third-order valence-corrected chi connectivity index (χ3v) is 3.20. The quantitative estimate of drug-likeness (QED) is 0.474. The van der Waals surface area contributed by atoms with Gasteiger partial charge in [0.2, 0.25) is 10.0 Å². The number of alkyl halides is 1. The standard InChI is InChI=1S/C7H15ClN2O4S/c8-3-1-2-6-15(12,13)10-4-5-14-7(9)11/h10H,1-6H2,(H2,9,11). The molecular weight excluding hydrogens is 244 g/mol.